The Kier molecular flexibility index (Phi) is 6.14. The predicted octanol–water partition coefficient (Wildman–Crippen LogP) is -2.05. The number of hydrogen-bond donors (Lipinski definition) is 6. The Bertz CT molecular complexity index is 816. The fourth-order valence-electron chi connectivity index (χ4n) is 2.23. The molecule has 5 atom stereocenters. The monoisotopic (exact) mass is 444 g/mol. The molecule has 0 saturated carbocycles. The number of nitrogens with one attached hydrogen (secondary N) is 1. The average Bonchev–Trinajstić information content (AvgIpc) is 2.77. The molecule has 2 heterocycles. The van der Waals surface area contributed by atoms with Gasteiger partial charge in [0.1, 0.15) is 18.3 Å². The Balaban J connectivity index is 2.35. The maximum Gasteiger partial charge on any atom is 0.472 e. The third-order valence-corrected chi connectivity index (χ3v) is 4.07. The van der Waals surface area contributed by atoms with Crippen molar-refractivity contribution in [3.05, 3.63) is 37.6 Å². The minimum absolute atomic E-state index is 0.0113. The second kappa shape index (κ2) is 7.61. The molecule has 6 N–H and O–H groups in total. The summed E-state index contributed by atoms with van der Waals surface area (Å²) in [5.41, 5.74) is -1.68. The Morgan fingerprint density at radius 3 is 2.56 bits per heavy atom. The van der Waals surface area contributed by atoms with Crippen molar-refractivity contribution >= 4 is 29.8 Å². The third-order valence-electron chi connectivity index (χ3n) is 3.31. The maximum atomic E-state index is 11.9. The number of nitrogens with zero attached hydrogens (tertiary/aromatic N) is 1. The fraction of sp³-hybridized carbons (Fsp3) is 0.455. The number of aliphatic hydroxyl groups excluding tert-OH is 3. The number of aliphatic hydroxyl groups is 3. The normalized spacial score (nSPS) is 28.6. The van der Waals surface area contributed by atoms with Gasteiger partial charge in [0.2, 0.25) is 0 Å². The van der Waals surface area contributed by atoms with E-state index in [1.165, 1.54) is 11.1 Å². The molecule has 2 rings (SSSR count). The molecule has 25 heavy (non-hydrogen) atoms. The van der Waals surface area contributed by atoms with Crippen LogP contribution in [0.3, 0.4) is 0 Å². The number of H-pyrrole nitrogens is 1. The number of phosphoric ester groups is 1. The van der Waals surface area contributed by atoms with Crippen LogP contribution in [0.4, 0.5) is 0 Å². The van der Waals surface area contributed by atoms with Crippen LogP contribution in [-0.4, -0.2) is 59.3 Å². The van der Waals surface area contributed by atoms with Crippen LogP contribution in [0.2, 0.25) is 0 Å². The van der Waals surface area contributed by atoms with E-state index in [0.717, 1.165) is 10.8 Å². The average molecular weight is 445 g/mol. The lowest BCUT2D eigenvalue weighted by molar-refractivity contribution is -0.161. The molecule has 14 heteroatoms. The molecule has 1 unspecified atom stereocenters. The van der Waals surface area contributed by atoms with Crippen molar-refractivity contribution in [1.29, 1.82) is 0 Å². The summed E-state index contributed by atoms with van der Waals surface area (Å²) < 4.78 is 20.6. The molecule has 140 valence electrons. The zero-order valence-corrected chi connectivity index (χ0v) is 14.6. The fourth-order valence-corrected chi connectivity index (χ4v) is 2.91. The molecule has 0 spiro atoms. The quantitative estimate of drug-likeness (QED) is 0.217. The van der Waals surface area contributed by atoms with Gasteiger partial charge in [-0.3, -0.25) is 18.9 Å². The van der Waals surface area contributed by atoms with Gasteiger partial charge in [-0.1, -0.05) is 15.9 Å². The van der Waals surface area contributed by atoms with E-state index >= 15 is 0 Å². The Morgan fingerprint density at radius 1 is 1.36 bits per heavy atom. The molecule has 0 amide bonds. The van der Waals surface area contributed by atoms with E-state index in [1.807, 2.05) is 4.98 Å². The summed E-state index contributed by atoms with van der Waals surface area (Å²) in [4.78, 5) is 44.2. The van der Waals surface area contributed by atoms with Gasteiger partial charge in [0.15, 0.2) is 12.5 Å². The van der Waals surface area contributed by atoms with E-state index in [1.54, 1.807) is 0 Å². The predicted molar refractivity (Wildman–Crippen MR) is 84.3 cm³/mol. The number of phosphoric acid groups is 1. The lowest BCUT2D eigenvalue weighted by Crippen LogP contribution is -2.40. The smallest absolute Gasteiger partial charge is 0.387 e. The number of hydrogen-bond acceptors (Lipinski definition) is 8. The molecule has 0 aliphatic carbocycles. The molecular weight excluding hydrogens is 431 g/mol. The van der Waals surface area contributed by atoms with Crippen LogP contribution >= 0.6 is 23.8 Å². The van der Waals surface area contributed by atoms with Gasteiger partial charge >= 0.3 is 13.5 Å². The first-order chi connectivity index (χ1) is 11.5. The van der Waals surface area contributed by atoms with E-state index in [9.17, 15) is 29.5 Å². The number of rotatable bonds is 5. The molecule has 1 aliphatic heterocycles. The van der Waals surface area contributed by atoms with E-state index in [4.69, 9.17) is 14.5 Å². The van der Waals surface area contributed by atoms with Crippen LogP contribution in [0.25, 0.3) is 6.08 Å². The van der Waals surface area contributed by atoms with E-state index < -0.39 is 49.9 Å². The highest BCUT2D eigenvalue weighted by atomic mass is 79.9. The largest absolute Gasteiger partial charge is 0.472 e. The molecule has 0 bridgehead atoms. The summed E-state index contributed by atoms with van der Waals surface area (Å²) in [7, 11) is -5.10. The van der Waals surface area contributed by atoms with E-state index in [0.29, 0.717) is 0 Å². The van der Waals surface area contributed by atoms with Crippen molar-refractivity contribution in [2.45, 2.75) is 30.8 Å². The molecule has 0 radical (unpaired) electrons. The molecule has 0 aromatic carbocycles. The van der Waals surface area contributed by atoms with Gasteiger partial charge in [-0.05, 0) is 11.1 Å². The maximum absolute atomic E-state index is 11.9. The van der Waals surface area contributed by atoms with Crippen molar-refractivity contribution in [3.63, 3.8) is 0 Å². The Hall–Kier alpha value is -1.15. The van der Waals surface area contributed by atoms with E-state index in [2.05, 4.69) is 20.5 Å². The van der Waals surface area contributed by atoms with Crippen molar-refractivity contribution in [1.82, 2.24) is 9.55 Å². The van der Waals surface area contributed by atoms with Crippen LogP contribution in [-0.2, 0) is 13.8 Å². The van der Waals surface area contributed by atoms with Crippen molar-refractivity contribution in [2.75, 3.05) is 0 Å². The van der Waals surface area contributed by atoms with Gasteiger partial charge in [0.25, 0.3) is 5.56 Å². The number of aromatic nitrogens is 2. The molecule has 1 aromatic heterocycles. The summed E-state index contributed by atoms with van der Waals surface area (Å²) in [6.45, 7) is 0. The Morgan fingerprint density at radius 2 is 2.00 bits per heavy atom. The highest BCUT2D eigenvalue weighted by molar-refractivity contribution is 9.11. The summed E-state index contributed by atoms with van der Waals surface area (Å²) in [6, 6.07) is 0. The van der Waals surface area contributed by atoms with E-state index in [-0.39, 0.29) is 5.56 Å². The Labute approximate surface area is 147 Å². The van der Waals surface area contributed by atoms with Crippen LogP contribution in [0.1, 0.15) is 11.8 Å². The van der Waals surface area contributed by atoms with Gasteiger partial charge in [-0.15, -0.1) is 0 Å². The number of ether oxygens (including phenoxy) is 1. The van der Waals surface area contributed by atoms with Gasteiger partial charge in [0, 0.05) is 6.20 Å². The summed E-state index contributed by atoms with van der Waals surface area (Å²) >= 11 is 2.96. The van der Waals surface area contributed by atoms with Gasteiger partial charge < -0.3 is 29.8 Å². The van der Waals surface area contributed by atoms with Gasteiger partial charge in [-0.2, -0.15) is 0 Å². The molecule has 1 aliphatic rings. The van der Waals surface area contributed by atoms with Crippen molar-refractivity contribution in [3.8, 4) is 0 Å². The third kappa shape index (κ3) is 4.53. The second-order valence-electron chi connectivity index (χ2n) is 5.00. The molecule has 1 saturated heterocycles. The minimum atomic E-state index is -5.10. The topological polar surface area (TPSA) is 192 Å². The summed E-state index contributed by atoms with van der Waals surface area (Å²) in [6.07, 6.45) is -6.85. The van der Waals surface area contributed by atoms with Crippen LogP contribution < -0.4 is 11.2 Å². The number of halogens is 1. The van der Waals surface area contributed by atoms with Crippen molar-refractivity contribution < 1.29 is 38.9 Å². The lowest BCUT2D eigenvalue weighted by Gasteiger charge is -2.21. The highest BCUT2D eigenvalue weighted by Gasteiger charge is 2.49. The SMILES string of the molecule is O=c1[nH]c(=O)n([C@@H]2O[C@H](C(O)OP(=O)(O)O)[C@@H](O)[C@@H]2O)cc1/C=C/Br. The van der Waals surface area contributed by atoms with Crippen LogP contribution in [0.15, 0.2) is 20.8 Å². The first kappa shape index (κ1) is 20.2. The summed E-state index contributed by atoms with van der Waals surface area (Å²) in [5, 5.41) is 29.5. The zero-order chi connectivity index (χ0) is 18.9. The second-order valence-corrected chi connectivity index (χ2v) is 6.72. The van der Waals surface area contributed by atoms with Crippen LogP contribution in [0, 0.1) is 0 Å². The van der Waals surface area contributed by atoms with Gasteiger partial charge in [0.05, 0.1) is 5.56 Å². The molecule has 1 aromatic rings. The lowest BCUT2D eigenvalue weighted by atomic mass is 10.1. The highest BCUT2D eigenvalue weighted by Crippen LogP contribution is 2.40. The molecule has 1 fully saturated rings. The molecular formula is C11H14BrN2O10P. The first-order valence-corrected chi connectivity index (χ1v) is 9.05. The first-order valence-electron chi connectivity index (χ1n) is 6.61. The number of aromatic amines is 1. The zero-order valence-electron chi connectivity index (χ0n) is 12.2. The van der Waals surface area contributed by atoms with Crippen molar-refractivity contribution in [2.24, 2.45) is 0 Å². The van der Waals surface area contributed by atoms with Gasteiger partial charge in [-0.25, -0.2) is 9.36 Å². The van der Waals surface area contributed by atoms with Crippen LogP contribution in [0.5, 0.6) is 0 Å². The standard InChI is InChI=1S/C11H14BrN2O10P/c12-2-1-4-3-14(11(19)13-8(4)17)9-6(16)5(15)7(23-9)10(18)24-25(20,21)22/h1-3,5-7,9-10,15-16,18H,(H,13,17,19)(H2,20,21,22)/b2-1+/t5-,6-,7-,9+,10?/m0/s1. The summed E-state index contributed by atoms with van der Waals surface area (Å²) in [5.74, 6) is 0. The minimum Gasteiger partial charge on any atom is -0.387 e. The molecule has 12 nitrogen and oxygen atoms in total.